The quantitative estimate of drug-likeness (QED) is 0.497. The normalized spacial score (nSPS) is 63.0. The zero-order valence-electron chi connectivity index (χ0n) is 7.91. The smallest absolute Gasteiger partial charge is 0.0156 e. The fourth-order valence-electron chi connectivity index (χ4n) is 4.90. The van der Waals surface area contributed by atoms with Gasteiger partial charge in [0.25, 0.3) is 0 Å². The first-order chi connectivity index (χ1) is 5.05. The van der Waals surface area contributed by atoms with Gasteiger partial charge < -0.3 is 0 Å². The monoisotopic (exact) mass is 150 g/mol. The highest BCUT2D eigenvalue weighted by atomic mass is 14.9. The molecule has 0 saturated heterocycles. The Morgan fingerprint density at radius 3 is 2.00 bits per heavy atom. The van der Waals surface area contributed by atoms with Gasteiger partial charge in [-0.2, -0.15) is 0 Å². The average molecular weight is 150 g/mol. The summed E-state index contributed by atoms with van der Waals surface area (Å²) in [6.07, 6.45) is 6.12. The highest BCUT2D eigenvalue weighted by Crippen LogP contribution is 2.90. The van der Waals surface area contributed by atoms with Gasteiger partial charge in [0.2, 0.25) is 0 Å². The number of hydrogen-bond acceptors (Lipinski definition) is 0. The molecule has 0 radical (unpaired) electrons. The summed E-state index contributed by atoms with van der Waals surface area (Å²) in [5.41, 5.74) is 2.33. The van der Waals surface area contributed by atoms with Gasteiger partial charge in [0.05, 0.1) is 0 Å². The molecule has 0 aliphatic heterocycles. The fraction of sp³-hybridized carbons (Fsp3) is 1.00. The van der Waals surface area contributed by atoms with Crippen molar-refractivity contribution >= 4 is 0 Å². The first-order valence-electron chi connectivity index (χ1n) is 5.05. The van der Waals surface area contributed by atoms with Crippen molar-refractivity contribution in [3.05, 3.63) is 0 Å². The molecule has 3 atom stereocenters. The zero-order chi connectivity index (χ0) is 7.91. The molecule has 0 amide bonds. The third kappa shape index (κ3) is 0.381. The molecule has 3 aliphatic carbocycles. The molecule has 0 heterocycles. The minimum Gasteiger partial charge on any atom is -0.0591 e. The number of hydrogen-bond donors (Lipinski definition) is 0. The zero-order valence-corrected chi connectivity index (χ0v) is 7.91. The van der Waals surface area contributed by atoms with Crippen LogP contribution in [0, 0.1) is 22.2 Å². The molecule has 3 saturated carbocycles. The fourth-order valence-corrected chi connectivity index (χ4v) is 4.90. The Balaban J connectivity index is 2.07. The van der Waals surface area contributed by atoms with Gasteiger partial charge in [-0.15, -0.1) is 0 Å². The summed E-state index contributed by atoms with van der Waals surface area (Å²) in [6.45, 7) is 7.52. The largest absolute Gasteiger partial charge is 0.0591 e. The van der Waals surface area contributed by atoms with Crippen molar-refractivity contribution in [3.8, 4) is 0 Å². The van der Waals surface area contributed by atoms with E-state index in [9.17, 15) is 0 Å². The van der Waals surface area contributed by atoms with Crippen molar-refractivity contribution in [2.24, 2.45) is 22.2 Å². The lowest BCUT2D eigenvalue weighted by Gasteiger charge is -2.49. The number of rotatable bonds is 0. The summed E-state index contributed by atoms with van der Waals surface area (Å²) < 4.78 is 0. The molecule has 3 fully saturated rings. The molecule has 62 valence electrons. The van der Waals surface area contributed by atoms with Crippen LogP contribution in [-0.2, 0) is 0 Å². The van der Waals surface area contributed by atoms with Gasteiger partial charge in [0.15, 0.2) is 0 Å². The Kier molecular flexibility index (Phi) is 0.767. The van der Waals surface area contributed by atoms with E-state index in [0.717, 1.165) is 22.2 Å². The van der Waals surface area contributed by atoms with E-state index in [1.807, 2.05) is 0 Å². The molecular formula is C11H18. The van der Waals surface area contributed by atoms with E-state index in [0.29, 0.717) is 0 Å². The van der Waals surface area contributed by atoms with Crippen LogP contribution in [-0.4, -0.2) is 0 Å². The summed E-state index contributed by atoms with van der Waals surface area (Å²) in [6, 6.07) is 0. The van der Waals surface area contributed by atoms with Crippen LogP contribution in [0.15, 0.2) is 0 Å². The lowest BCUT2D eigenvalue weighted by molar-refractivity contribution is 0.00488. The van der Waals surface area contributed by atoms with Crippen LogP contribution in [0.3, 0.4) is 0 Å². The van der Waals surface area contributed by atoms with Gasteiger partial charge >= 0.3 is 0 Å². The Bertz CT molecular complexity index is 228. The van der Waals surface area contributed by atoms with Crippen molar-refractivity contribution in [1.29, 1.82) is 0 Å². The van der Waals surface area contributed by atoms with Gasteiger partial charge in [-0.1, -0.05) is 20.8 Å². The van der Waals surface area contributed by atoms with Crippen molar-refractivity contribution in [1.82, 2.24) is 0 Å². The van der Waals surface area contributed by atoms with E-state index < -0.39 is 0 Å². The maximum absolute atomic E-state index is 2.53. The summed E-state index contributed by atoms with van der Waals surface area (Å²) >= 11 is 0. The molecule has 1 spiro atoms. The van der Waals surface area contributed by atoms with E-state index in [2.05, 4.69) is 20.8 Å². The Hall–Kier alpha value is 0. The minimum absolute atomic E-state index is 0.720. The van der Waals surface area contributed by atoms with Crippen molar-refractivity contribution in [2.45, 2.75) is 46.5 Å². The van der Waals surface area contributed by atoms with E-state index in [1.54, 1.807) is 6.42 Å². The maximum Gasteiger partial charge on any atom is -0.0156 e. The van der Waals surface area contributed by atoms with Crippen molar-refractivity contribution < 1.29 is 0 Å². The molecule has 1 unspecified atom stereocenters. The molecule has 3 aliphatic rings. The van der Waals surface area contributed by atoms with E-state index in [-0.39, 0.29) is 0 Å². The van der Waals surface area contributed by atoms with Gasteiger partial charge in [0, 0.05) is 0 Å². The SMILES string of the molecule is CC1(C)[C@H]2CC[C@]3(C)CCC213. The minimum atomic E-state index is 0.720. The van der Waals surface area contributed by atoms with E-state index in [1.165, 1.54) is 19.3 Å². The molecule has 0 N–H and O–H groups in total. The van der Waals surface area contributed by atoms with Gasteiger partial charge in [0.1, 0.15) is 0 Å². The molecule has 11 heavy (non-hydrogen) atoms. The van der Waals surface area contributed by atoms with Crippen molar-refractivity contribution in [2.75, 3.05) is 0 Å². The summed E-state index contributed by atoms with van der Waals surface area (Å²) in [7, 11) is 0. The maximum atomic E-state index is 2.53. The average Bonchev–Trinajstić information content (AvgIpc) is 2.34. The Morgan fingerprint density at radius 1 is 1.00 bits per heavy atom. The molecule has 0 heteroatoms. The van der Waals surface area contributed by atoms with E-state index in [4.69, 9.17) is 0 Å². The summed E-state index contributed by atoms with van der Waals surface area (Å²) in [4.78, 5) is 0. The predicted octanol–water partition coefficient (Wildman–Crippen LogP) is 3.22. The summed E-state index contributed by atoms with van der Waals surface area (Å²) in [5.74, 6) is 1.11. The van der Waals surface area contributed by atoms with Gasteiger partial charge in [-0.25, -0.2) is 0 Å². The van der Waals surface area contributed by atoms with Gasteiger partial charge in [-0.3, -0.25) is 0 Å². The lowest BCUT2D eigenvalue weighted by atomic mass is 9.56. The molecule has 0 bridgehead atoms. The van der Waals surface area contributed by atoms with E-state index >= 15 is 0 Å². The second-order valence-corrected chi connectivity index (χ2v) is 5.84. The van der Waals surface area contributed by atoms with Gasteiger partial charge in [-0.05, 0) is 47.8 Å². The highest BCUT2D eigenvalue weighted by Gasteiger charge is 2.83. The first-order valence-corrected chi connectivity index (χ1v) is 5.05. The Morgan fingerprint density at radius 2 is 1.73 bits per heavy atom. The standard InChI is InChI=1S/C11H18/c1-9(2)8-4-5-10(3)6-7-11(8,9)10/h8H,4-7H2,1-3H3/t8-,10-,11?/m1/s1. The van der Waals surface area contributed by atoms with Crippen LogP contribution in [0.25, 0.3) is 0 Å². The van der Waals surface area contributed by atoms with Crippen LogP contribution in [0.4, 0.5) is 0 Å². The molecule has 0 aromatic heterocycles. The van der Waals surface area contributed by atoms with Crippen molar-refractivity contribution in [3.63, 3.8) is 0 Å². The van der Waals surface area contributed by atoms with Crippen LogP contribution in [0.1, 0.15) is 46.5 Å². The third-order valence-electron chi connectivity index (χ3n) is 5.67. The second-order valence-electron chi connectivity index (χ2n) is 5.84. The van der Waals surface area contributed by atoms with Crippen LogP contribution in [0.2, 0.25) is 0 Å². The third-order valence-corrected chi connectivity index (χ3v) is 5.67. The predicted molar refractivity (Wildman–Crippen MR) is 46.3 cm³/mol. The second kappa shape index (κ2) is 1.30. The lowest BCUT2D eigenvalue weighted by Crippen LogP contribution is -2.40. The molecule has 0 aromatic carbocycles. The molecule has 0 aromatic rings. The summed E-state index contributed by atoms with van der Waals surface area (Å²) in [5, 5.41) is 0. The highest BCUT2D eigenvalue weighted by molar-refractivity contribution is 5.31. The molecule has 3 rings (SSSR count). The molecule has 0 nitrogen and oxygen atoms in total. The molecular weight excluding hydrogens is 132 g/mol. The van der Waals surface area contributed by atoms with Crippen LogP contribution >= 0.6 is 0 Å². The van der Waals surface area contributed by atoms with Crippen LogP contribution in [0.5, 0.6) is 0 Å². The first kappa shape index (κ1) is 6.51. The van der Waals surface area contributed by atoms with Crippen LogP contribution < -0.4 is 0 Å². The Labute approximate surface area is 69.4 Å². The topological polar surface area (TPSA) is 0 Å².